The molecular formula is C23H18O5. The van der Waals surface area contributed by atoms with E-state index in [-0.39, 0.29) is 35.9 Å². The number of benzene rings is 3. The molecule has 0 atom stereocenters. The van der Waals surface area contributed by atoms with Gasteiger partial charge in [-0.1, -0.05) is 24.3 Å². The summed E-state index contributed by atoms with van der Waals surface area (Å²) in [4.78, 5) is 13.3. The molecule has 5 nitrogen and oxygen atoms in total. The zero-order valence-electron chi connectivity index (χ0n) is 14.9. The molecule has 28 heavy (non-hydrogen) atoms. The quantitative estimate of drug-likeness (QED) is 0.525. The molecule has 0 fully saturated rings. The third-order valence-electron chi connectivity index (χ3n) is 6.15. The lowest BCUT2D eigenvalue weighted by atomic mass is 9.60. The van der Waals surface area contributed by atoms with E-state index in [1.54, 1.807) is 36.4 Å². The number of carbonyl (C=O) groups excluding carboxylic acids is 1. The van der Waals surface area contributed by atoms with Crippen LogP contribution in [-0.2, 0) is 29.7 Å². The summed E-state index contributed by atoms with van der Waals surface area (Å²) in [7, 11) is 0. The molecule has 0 bridgehead atoms. The van der Waals surface area contributed by atoms with Crippen LogP contribution in [0.3, 0.4) is 0 Å². The number of aliphatic hydroxyl groups excluding tert-OH is 1. The van der Waals surface area contributed by atoms with E-state index in [4.69, 9.17) is 0 Å². The molecule has 2 aliphatic carbocycles. The zero-order chi connectivity index (χ0) is 19.6. The molecule has 3 aromatic carbocycles. The van der Waals surface area contributed by atoms with Crippen molar-refractivity contribution in [1.29, 1.82) is 0 Å². The van der Waals surface area contributed by atoms with Crippen LogP contribution in [0.2, 0.25) is 0 Å². The van der Waals surface area contributed by atoms with Crippen molar-refractivity contribution < 1.29 is 25.2 Å². The van der Waals surface area contributed by atoms with Crippen molar-refractivity contribution in [2.75, 3.05) is 0 Å². The summed E-state index contributed by atoms with van der Waals surface area (Å²) in [5.41, 5.74) is 1.69. The zero-order valence-corrected chi connectivity index (χ0v) is 14.9. The molecule has 0 saturated heterocycles. The fourth-order valence-corrected chi connectivity index (χ4v) is 4.89. The highest BCUT2D eigenvalue weighted by Crippen LogP contribution is 2.51. The smallest absolute Gasteiger partial charge is 0.166 e. The maximum atomic E-state index is 13.3. The first-order valence-electron chi connectivity index (χ1n) is 9.10. The fourth-order valence-electron chi connectivity index (χ4n) is 4.89. The lowest BCUT2D eigenvalue weighted by molar-refractivity contribution is -0.120. The lowest BCUT2D eigenvalue weighted by Crippen LogP contribution is -2.44. The van der Waals surface area contributed by atoms with E-state index in [0.29, 0.717) is 22.3 Å². The number of aliphatic hydroxyl groups is 1. The third kappa shape index (κ3) is 2.02. The molecular weight excluding hydrogens is 356 g/mol. The van der Waals surface area contributed by atoms with Crippen LogP contribution in [0.15, 0.2) is 42.5 Å². The Morgan fingerprint density at radius 3 is 2.04 bits per heavy atom. The van der Waals surface area contributed by atoms with Gasteiger partial charge < -0.3 is 20.4 Å². The molecule has 5 rings (SSSR count). The number of carbonyl (C=O) groups is 1. The van der Waals surface area contributed by atoms with Crippen molar-refractivity contribution in [3.63, 3.8) is 0 Å². The number of phenols is 3. The normalized spacial score (nSPS) is 16.5. The Labute approximate surface area is 160 Å². The van der Waals surface area contributed by atoms with Gasteiger partial charge in [0.2, 0.25) is 0 Å². The first-order chi connectivity index (χ1) is 13.5. The van der Waals surface area contributed by atoms with Crippen LogP contribution >= 0.6 is 0 Å². The summed E-state index contributed by atoms with van der Waals surface area (Å²) in [6.07, 6.45) is 3.63. The van der Waals surface area contributed by atoms with Gasteiger partial charge in [0.05, 0.1) is 12.0 Å². The molecule has 0 unspecified atom stereocenters. The molecule has 0 aliphatic heterocycles. The molecule has 5 heteroatoms. The second-order valence-electron chi connectivity index (χ2n) is 7.54. The second-order valence-corrected chi connectivity index (χ2v) is 7.54. The first kappa shape index (κ1) is 16.8. The van der Waals surface area contributed by atoms with Crippen LogP contribution in [0.1, 0.15) is 27.8 Å². The largest absolute Gasteiger partial charge is 0.508 e. The number of phenolic OH excluding ortho intramolecular Hbond substituents is 2. The van der Waals surface area contributed by atoms with Crippen LogP contribution < -0.4 is 0 Å². The van der Waals surface area contributed by atoms with Crippen molar-refractivity contribution in [3.8, 4) is 17.2 Å². The maximum absolute atomic E-state index is 13.3. The molecule has 140 valence electrons. The Hall–Kier alpha value is -3.31. The number of fused-ring (bicyclic) bond motifs is 2. The van der Waals surface area contributed by atoms with Crippen molar-refractivity contribution in [2.24, 2.45) is 0 Å². The van der Waals surface area contributed by atoms with Crippen molar-refractivity contribution >= 4 is 22.6 Å². The van der Waals surface area contributed by atoms with Crippen LogP contribution in [0.4, 0.5) is 0 Å². The van der Waals surface area contributed by atoms with Gasteiger partial charge in [-0.05, 0) is 59.0 Å². The van der Waals surface area contributed by atoms with Gasteiger partial charge >= 0.3 is 0 Å². The maximum Gasteiger partial charge on any atom is 0.166 e. The number of ketones is 1. The van der Waals surface area contributed by atoms with E-state index in [1.165, 1.54) is 12.1 Å². The van der Waals surface area contributed by atoms with Crippen LogP contribution in [0, 0.1) is 0 Å². The molecule has 0 amide bonds. The van der Waals surface area contributed by atoms with Gasteiger partial charge in [0.25, 0.3) is 0 Å². The topological polar surface area (TPSA) is 98.0 Å². The third-order valence-corrected chi connectivity index (χ3v) is 6.15. The van der Waals surface area contributed by atoms with Gasteiger partial charge in [-0.2, -0.15) is 0 Å². The van der Waals surface area contributed by atoms with Gasteiger partial charge in [0.15, 0.2) is 5.78 Å². The van der Waals surface area contributed by atoms with Gasteiger partial charge in [-0.15, -0.1) is 0 Å². The standard InChI is InChI=1S/C23H18O5/c24-11-16-19(27)7-3-13-4-8-20(28)23(22(13)16)9-14-17(25)5-1-12-2-6-18(26)15(10-23)21(12)14/h1-8,24-27H,9-11H2. The van der Waals surface area contributed by atoms with E-state index in [0.717, 1.165) is 16.3 Å². The number of hydrogen-bond donors (Lipinski definition) is 4. The monoisotopic (exact) mass is 374 g/mol. The summed E-state index contributed by atoms with van der Waals surface area (Å²) in [5.74, 6) is -0.124. The summed E-state index contributed by atoms with van der Waals surface area (Å²) in [6.45, 7) is -0.415. The van der Waals surface area contributed by atoms with Crippen LogP contribution in [-0.4, -0.2) is 26.2 Å². The first-order valence-corrected chi connectivity index (χ1v) is 9.10. The fraction of sp³-hybridized carbons (Fsp3) is 0.174. The SMILES string of the molecule is O=C1C=Cc2ccc(O)c(CO)c2C12Cc1c(O)ccc3ccc(O)c(c13)C2. The van der Waals surface area contributed by atoms with E-state index in [1.807, 2.05) is 0 Å². The summed E-state index contributed by atoms with van der Waals surface area (Å²) in [5, 5.41) is 43.1. The number of allylic oxidation sites excluding steroid dienone is 1. The molecule has 2 aliphatic rings. The summed E-state index contributed by atoms with van der Waals surface area (Å²) < 4.78 is 0. The number of hydrogen-bond acceptors (Lipinski definition) is 5. The Morgan fingerprint density at radius 2 is 1.43 bits per heavy atom. The van der Waals surface area contributed by atoms with E-state index < -0.39 is 12.0 Å². The average Bonchev–Trinajstić information content (AvgIpc) is 2.70. The summed E-state index contributed by atoms with van der Waals surface area (Å²) in [6, 6.07) is 9.99. The van der Waals surface area contributed by atoms with E-state index >= 15 is 0 Å². The lowest BCUT2D eigenvalue weighted by Gasteiger charge is -2.41. The molecule has 0 heterocycles. The van der Waals surface area contributed by atoms with E-state index in [9.17, 15) is 25.2 Å². The molecule has 3 aromatic rings. The molecule has 0 saturated carbocycles. The second kappa shape index (κ2) is 5.59. The Bertz CT molecular complexity index is 1160. The summed E-state index contributed by atoms with van der Waals surface area (Å²) >= 11 is 0. The highest BCUT2D eigenvalue weighted by atomic mass is 16.3. The van der Waals surface area contributed by atoms with Gasteiger partial charge in [-0.3, -0.25) is 4.79 Å². The van der Waals surface area contributed by atoms with Crippen molar-refractivity contribution in [3.05, 3.63) is 70.3 Å². The minimum absolute atomic E-state index is 0.0630. The van der Waals surface area contributed by atoms with Crippen LogP contribution in [0.25, 0.3) is 16.8 Å². The molecule has 4 N–H and O–H groups in total. The predicted octanol–water partition coefficient (Wildman–Crippen LogP) is 3.08. The van der Waals surface area contributed by atoms with Gasteiger partial charge in [0.1, 0.15) is 17.2 Å². The molecule has 0 radical (unpaired) electrons. The molecule has 1 spiro atoms. The minimum atomic E-state index is -1.11. The highest BCUT2D eigenvalue weighted by molar-refractivity contribution is 6.08. The van der Waals surface area contributed by atoms with Crippen molar-refractivity contribution in [2.45, 2.75) is 24.9 Å². The van der Waals surface area contributed by atoms with Crippen molar-refractivity contribution in [1.82, 2.24) is 0 Å². The van der Waals surface area contributed by atoms with E-state index in [2.05, 4.69) is 0 Å². The van der Waals surface area contributed by atoms with Gasteiger partial charge in [0, 0.05) is 16.7 Å². The highest BCUT2D eigenvalue weighted by Gasteiger charge is 2.47. The van der Waals surface area contributed by atoms with Crippen LogP contribution in [0.5, 0.6) is 17.2 Å². The Morgan fingerprint density at radius 1 is 0.821 bits per heavy atom. The number of aromatic hydroxyl groups is 3. The Kier molecular flexibility index (Phi) is 3.36. The number of rotatable bonds is 1. The van der Waals surface area contributed by atoms with Gasteiger partial charge in [-0.25, -0.2) is 0 Å². The Balaban J connectivity index is 1.88. The average molecular weight is 374 g/mol. The minimum Gasteiger partial charge on any atom is -0.508 e. The molecule has 0 aromatic heterocycles. The predicted molar refractivity (Wildman–Crippen MR) is 104 cm³/mol.